The van der Waals surface area contributed by atoms with Gasteiger partial charge in [0, 0.05) is 12.7 Å². The van der Waals surface area contributed by atoms with Crippen LogP contribution in [-0.2, 0) is 14.2 Å². The number of nitrogens with zero attached hydrogens (tertiary/aromatic N) is 1. The predicted octanol–water partition coefficient (Wildman–Crippen LogP) is 2.96. The second-order valence-corrected chi connectivity index (χ2v) is 4.72. The van der Waals surface area contributed by atoms with Gasteiger partial charge in [-0.1, -0.05) is 31.0 Å². The summed E-state index contributed by atoms with van der Waals surface area (Å²) in [5.74, 6) is 0.506. The third-order valence-electron chi connectivity index (χ3n) is 2.55. The fourth-order valence-corrected chi connectivity index (χ4v) is 1.62. The van der Waals surface area contributed by atoms with Gasteiger partial charge in [0.15, 0.2) is 0 Å². The molecule has 0 atom stereocenters. The van der Waals surface area contributed by atoms with Gasteiger partial charge < -0.3 is 18.9 Å². The van der Waals surface area contributed by atoms with Gasteiger partial charge in [0.25, 0.3) is 0 Å². The van der Waals surface area contributed by atoms with Crippen LogP contribution in [0.5, 0.6) is 5.88 Å². The van der Waals surface area contributed by atoms with Gasteiger partial charge in [-0.15, -0.1) is 0 Å². The molecular formula is C15H24ClNO4. The third kappa shape index (κ3) is 10.5. The first-order chi connectivity index (χ1) is 10.3. The lowest BCUT2D eigenvalue weighted by molar-refractivity contribution is 0.00872. The first-order valence-corrected chi connectivity index (χ1v) is 7.69. The number of unbranched alkanes of at least 4 members (excludes halogenated alkanes) is 1. The first-order valence-electron chi connectivity index (χ1n) is 7.31. The molecule has 0 N–H and O–H groups in total. The Balaban J connectivity index is 1.82. The van der Waals surface area contributed by atoms with E-state index in [4.69, 9.17) is 30.5 Å². The van der Waals surface area contributed by atoms with Gasteiger partial charge in [-0.3, -0.25) is 0 Å². The molecule has 0 fully saturated rings. The Morgan fingerprint density at radius 3 is 2.14 bits per heavy atom. The van der Waals surface area contributed by atoms with Crippen molar-refractivity contribution in [3.05, 3.63) is 23.4 Å². The van der Waals surface area contributed by atoms with E-state index in [1.807, 2.05) is 0 Å². The molecular weight excluding hydrogens is 294 g/mol. The van der Waals surface area contributed by atoms with Crippen molar-refractivity contribution in [1.29, 1.82) is 0 Å². The van der Waals surface area contributed by atoms with Gasteiger partial charge >= 0.3 is 0 Å². The minimum absolute atomic E-state index is 0.419. The van der Waals surface area contributed by atoms with E-state index in [0.717, 1.165) is 19.4 Å². The summed E-state index contributed by atoms with van der Waals surface area (Å²) >= 11 is 5.75. The molecule has 0 aliphatic rings. The Morgan fingerprint density at radius 1 is 0.905 bits per heavy atom. The number of pyridine rings is 1. The summed E-state index contributed by atoms with van der Waals surface area (Å²) in [7, 11) is 0. The van der Waals surface area contributed by atoms with E-state index in [1.165, 1.54) is 0 Å². The van der Waals surface area contributed by atoms with Crippen molar-refractivity contribution in [2.24, 2.45) is 0 Å². The molecule has 0 unspecified atom stereocenters. The zero-order valence-corrected chi connectivity index (χ0v) is 13.3. The average molecular weight is 318 g/mol. The lowest BCUT2D eigenvalue weighted by Gasteiger charge is -2.07. The molecule has 0 aliphatic heterocycles. The summed E-state index contributed by atoms with van der Waals surface area (Å²) in [6.45, 7) is 6.24. The molecule has 21 heavy (non-hydrogen) atoms. The van der Waals surface area contributed by atoms with Crippen molar-refractivity contribution in [1.82, 2.24) is 4.98 Å². The fourth-order valence-electron chi connectivity index (χ4n) is 1.46. The number of hydrogen-bond acceptors (Lipinski definition) is 5. The van der Waals surface area contributed by atoms with Gasteiger partial charge in [0.05, 0.1) is 33.0 Å². The lowest BCUT2D eigenvalue weighted by atomic mass is 10.4. The molecule has 0 spiro atoms. The standard InChI is InChI=1S/C15H24ClNO4/c1-2-3-7-18-8-9-19-10-11-20-12-13-21-15-6-4-5-14(16)17-15/h4-6H,2-3,7-13H2,1H3. The molecule has 1 rings (SSSR count). The summed E-state index contributed by atoms with van der Waals surface area (Å²) in [5, 5.41) is 0.419. The molecule has 0 aromatic carbocycles. The maximum atomic E-state index is 5.75. The highest BCUT2D eigenvalue weighted by Crippen LogP contribution is 2.10. The van der Waals surface area contributed by atoms with E-state index in [2.05, 4.69) is 11.9 Å². The molecule has 0 bridgehead atoms. The highest BCUT2D eigenvalue weighted by Gasteiger charge is 1.96. The highest BCUT2D eigenvalue weighted by molar-refractivity contribution is 6.29. The van der Waals surface area contributed by atoms with Crippen LogP contribution < -0.4 is 4.74 Å². The molecule has 6 heteroatoms. The maximum Gasteiger partial charge on any atom is 0.214 e. The normalized spacial score (nSPS) is 10.8. The minimum atomic E-state index is 0.419. The van der Waals surface area contributed by atoms with Gasteiger partial charge in [-0.2, -0.15) is 0 Å². The third-order valence-corrected chi connectivity index (χ3v) is 2.76. The van der Waals surface area contributed by atoms with Gasteiger partial charge in [-0.05, 0) is 12.5 Å². The van der Waals surface area contributed by atoms with Gasteiger partial charge in [-0.25, -0.2) is 4.98 Å². The monoisotopic (exact) mass is 317 g/mol. The summed E-state index contributed by atoms with van der Waals surface area (Å²) in [6, 6.07) is 5.25. The predicted molar refractivity (Wildman–Crippen MR) is 82.1 cm³/mol. The Kier molecular flexibility index (Phi) is 11.1. The molecule has 1 aromatic rings. The van der Waals surface area contributed by atoms with Crippen LogP contribution in [-0.4, -0.2) is 51.2 Å². The van der Waals surface area contributed by atoms with Crippen LogP contribution >= 0.6 is 11.6 Å². The fraction of sp³-hybridized carbons (Fsp3) is 0.667. The van der Waals surface area contributed by atoms with E-state index in [9.17, 15) is 0 Å². The van der Waals surface area contributed by atoms with Crippen LogP contribution in [0.25, 0.3) is 0 Å². The minimum Gasteiger partial charge on any atom is -0.475 e. The zero-order chi connectivity index (χ0) is 15.2. The number of ether oxygens (including phenoxy) is 4. The second-order valence-electron chi connectivity index (χ2n) is 4.34. The van der Waals surface area contributed by atoms with Crippen LogP contribution in [0.1, 0.15) is 19.8 Å². The van der Waals surface area contributed by atoms with Crippen molar-refractivity contribution >= 4 is 11.6 Å². The van der Waals surface area contributed by atoms with Crippen LogP contribution in [0.15, 0.2) is 18.2 Å². The summed E-state index contributed by atoms with van der Waals surface area (Å²) in [4.78, 5) is 4.01. The van der Waals surface area contributed by atoms with Crippen LogP contribution in [0, 0.1) is 0 Å². The molecule has 0 radical (unpaired) electrons. The number of halogens is 1. The Hall–Kier alpha value is -0.880. The molecule has 0 saturated carbocycles. The number of hydrogen-bond donors (Lipinski definition) is 0. The second kappa shape index (κ2) is 12.8. The summed E-state index contributed by atoms with van der Waals surface area (Å²) in [6.07, 6.45) is 2.26. The number of rotatable bonds is 13. The molecule has 0 saturated heterocycles. The van der Waals surface area contributed by atoms with Crippen molar-refractivity contribution in [3.63, 3.8) is 0 Å². The van der Waals surface area contributed by atoms with Crippen molar-refractivity contribution in [2.75, 3.05) is 46.2 Å². The van der Waals surface area contributed by atoms with E-state index in [0.29, 0.717) is 50.7 Å². The Labute approximate surface area is 131 Å². The first kappa shape index (κ1) is 18.2. The maximum absolute atomic E-state index is 5.75. The topological polar surface area (TPSA) is 49.8 Å². The summed E-state index contributed by atoms with van der Waals surface area (Å²) < 4.78 is 21.5. The Bertz CT molecular complexity index is 365. The lowest BCUT2D eigenvalue weighted by Crippen LogP contribution is -2.13. The molecule has 0 aliphatic carbocycles. The van der Waals surface area contributed by atoms with E-state index < -0.39 is 0 Å². The molecule has 1 heterocycles. The van der Waals surface area contributed by atoms with Crippen molar-refractivity contribution in [2.45, 2.75) is 19.8 Å². The van der Waals surface area contributed by atoms with Crippen molar-refractivity contribution < 1.29 is 18.9 Å². The average Bonchev–Trinajstić information content (AvgIpc) is 2.48. The van der Waals surface area contributed by atoms with Crippen LogP contribution in [0.4, 0.5) is 0 Å². The number of aromatic nitrogens is 1. The largest absolute Gasteiger partial charge is 0.475 e. The quantitative estimate of drug-likeness (QED) is 0.413. The van der Waals surface area contributed by atoms with Crippen molar-refractivity contribution in [3.8, 4) is 5.88 Å². The molecule has 1 aromatic heterocycles. The molecule has 0 amide bonds. The SMILES string of the molecule is CCCCOCCOCCOCCOc1cccc(Cl)n1. The van der Waals surface area contributed by atoms with Gasteiger partial charge in [0.1, 0.15) is 11.8 Å². The van der Waals surface area contributed by atoms with Crippen LogP contribution in [0.2, 0.25) is 5.15 Å². The Morgan fingerprint density at radius 2 is 1.52 bits per heavy atom. The smallest absolute Gasteiger partial charge is 0.214 e. The van der Waals surface area contributed by atoms with E-state index in [-0.39, 0.29) is 0 Å². The highest BCUT2D eigenvalue weighted by atomic mass is 35.5. The zero-order valence-electron chi connectivity index (χ0n) is 12.6. The van der Waals surface area contributed by atoms with E-state index in [1.54, 1.807) is 18.2 Å². The van der Waals surface area contributed by atoms with E-state index >= 15 is 0 Å². The summed E-state index contributed by atoms with van der Waals surface area (Å²) in [5.41, 5.74) is 0. The van der Waals surface area contributed by atoms with Crippen LogP contribution in [0.3, 0.4) is 0 Å². The van der Waals surface area contributed by atoms with Gasteiger partial charge in [0.2, 0.25) is 5.88 Å². The molecule has 120 valence electrons. The molecule has 5 nitrogen and oxygen atoms in total.